The molecule has 1 aliphatic rings. The van der Waals surface area contributed by atoms with Crippen LogP contribution in [0.1, 0.15) is 13.3 Å². The molecule has 0 bridgehead atoms. The molecule has 1 atom stereocenters. The van der Waals surface area contributed by atoms with Gasteiger partial charge in [-0.3, -0.25) is 9.69 Å². The van der Waals surface area contributed by atoms with Crippen LogP contribution in [-0.2, 0) is 9.53 Å². The number of rotatable bonds is 6. The Morgan fingerprint density at radius 2 is 2.29 bits per heavy atom. The summed E-state index contributed by atoms with van der Waals surface area (Å²) in [6, 6.07) is 6.34. The van der Waals surface area contributed by atoms with Crippen LogP contribution < -0.4 is 10.5 Å². The second-order valence-electron chi connectivity index (χ2n) is 5.35. The van der Waals surface area contributed by atoms with E-state index in [2.05, 4.69) is 4.90 Å². The first-order valence-corrected chi connectivity index (χ1v) is 7.05. The average Bonchev–Trinajstić information content (AvgIpc) is 2.45. The number of para-hydroxylation sites is 1. The number of ether oxygens (including phenoxy) is 2. The number of hydrogen-bond donors (Lipinski definition) is 1. The van der Waals surface area contributed by atoms with Crippen molar-refractivity contribution in [2.24, 2.45) is 5.73 Å². The van der Waals surface area contributed by atoms with E-state index in [-0.39, 0.29) is 11.6 Å². The van der Waals surface area contributed by atoms with Gasteiger partial charge in [-0.25, -0.2) is 4.39 Å². The summed E-state index contributed by atoms with van der Waals surface area (Å²) >= 11 is 0. The molecular formula is C15H21FN2O3. The van der Waals surface area contributed by atoms with Crippen LogP contribution in [0.5, 0.6) is 5.75 Å². The maximum absolute atomic E-state index is 13.4. The monoisotopic (exact) mass is 296 g/mol. The maximum atomic E-state index is 13.4. The Bertz CT molecular complexity index is 498. The van der Waals surface area contributed by atoms with Crippen molar-refractivity contribution in [2.75, 3.05) is 32.8 Å². The molecule has 0 aromatic heterocycles. The van der Waals surface area contributed by atoms with Gasteiger partial charge in [0.05, 0.1) is 13.2 Å². The van der Waals surface area contributed by atoms with Gasteiger partial charge in [0.15, 0.2) is 17.2 Å². The van der Waals surface area contributed by atoms with Crippen LogP contribution >= 0.6 is 0 Å². The molecular weight excluding hydrogens is 275 g/mol. The summed E-state index contributed by atoms with van der Waals surface area (Å²) in [4.78, 5) is 13.5. The first-order chi connectivity index (χ1) is 10.0. The van der Waals surface area contributed by atoms with Gasteiger partial charge in [-0.05, 0) is 25.5 Å². The third kappa shape index (κ3) is 4.15. The SMILES string of the molecule is C[C@@]1(C(N)=O)CN(CCCOc2ccccc2F)CCO1. The predicted molar refractivity (Wildman–Crippen MR) is 76.5 cm³/mol. The van der Waals surface area contributed by atoms with Gasteiger partial charge in [-0.1, -0.05) is 12.1 Å². The number of primary amides is 1. The fourth-order valence-corrected chi connectivity index (χ4v) is 2.32. The van der Waals surface area contributed by atoms with Crippen molar-refractivity contribution in [3.8, 4) is 5.75 Å². The number of nitrogens with two attached hydrogens (primary N) is 1. The standard InChI is InChI=1S/C15H21FN2O3/c1-15(14(17)19)11-18(8-10-21-15)7-4-9-20-13-6-3-2-5-12(13)16/h2-3,5-6H,4,7-11H2,1H3,(H2,17,19)/t15-/m0/s1. The van der Waals surface area contributed by atoms with Gasteiger partial charge in [0, 0.05) is 19.6 Å². The van der Waals surface area contributed by atoms with Gasteiger partial charge in [0.2, 0.25) is 0 Å². The molecule has 1 aromatic carbocycles. The Balaban J connectivity index is 1.74. The number of carbonyl (C=O) groups excluding carboxylic acids is 1. The Labute approximate surface area is 123 Å². The zero-order valence-corrected chi connectivity index (χ0v) is 12.2. The second-order valence-corrected chi connectivity index (χ2v) is 5.35. The molecule has 1 saturated heterocycles. The summed E-state index contributed by atoms with van der Waals surface area (Å²) in [5, 5.41) is 0. The van der Waals surface area contributed by atoms with E-state index in [1.54, 1.807) is 25.1 Å². The molecule has 6 heteroatoms. The number of halogens is 1. The van der Waals surface area contributed by atoms with Crippen LogP contribution in [0.3, 0.4) is 0 Å². The molecule has 0 radical (unpaired) electrons. The highest BCUT2D eigenvalue weighted by atomic mass is 19.1. The summed E-state index contributed by atoms with van der Waals surface area (Å²) in [5.74, 6) is -0.540. The third-order valence-electron chi connectivity index (χ3n) is 3.59. The van der Waals surface area contributed by atoms with Gasteiger partial charge in [0.1, 0.15) is 0 Å². The highest BCUT2D eigenvalue weighted by Crippen LogP contribution is 2.18. The van der Waals surface area contributed by atoms with Crippen LogP contribution in [-0.4, -0.2) is 49.3 Å². The fourth-order valence-electron chi connectivity index (χ4n) is 2.32. The van der Waals surface area contributed by atoms with E-state index in [1.807, 2.05) is 0 Å². The topological polar surface area (TPSA) is 64.8 Å². The number of hydrogen-bond acceptors (Lipinski definition) is 4. The lowest BCUT2D eigenvalue weighted by Crippen LogP contribution is -2.57. The quantitative estimate of drug-likeness (QED) is 0.800. The summed E-state index contributed by atoms with van der Waals surface area (Å²) in [7, 11) is 0. The molecule has 1 fully saturated rings. The molecule has 1 amide bonds. The minimum Gasteiger partial charge on any atom is -0.490 e. The van der Waals surface area contributed by atoms with Crippen LogP contribution in [0.4, 0.5) is 4.39 Å². The Morgan fingerprint density at radius 1 is 1.52 bits per heavy atom. The van der Waals surface area contributed by atoms with E-state index in [4.69, 9.17) is 15.2 Å². The van der Waals surface area contributed by atoms with E-state index in [1.165, 1.54) is 6.07 Å². The van der Waals surface area contributed by atoms with E-state index in [9.17, 15) is 9.18 Å². The smallest absolute Gasteiger partial charge is 0.250 e. The lowest BCUT2D eigenvalue weighted by molar-refractivity contribution is -0.153. The minimum atomic E-state index is -0.926. The molecule has 2 rings (SSSR count). The van der Waals surface area contributed by atoms with Crippen molar-refractivity contribution in [3.63, 3.8) is 0 Å². The van der Waals surface area contributed by atoms with E-state index >= 15 is 0 Å². The van der Waals surface area contributed by atoms with Crippen LogP contribution in [0.2, 0.25) is 0 Å². The summed E-state index contributed by atoms with van der Waals surface area (Å²) in [6.07, 6.45) is 0.739. The Morgan fingerprint density at radius 3 is 3.00 bits per heavy atom. The second kappa shape index (κ2) is 6.87. The molecule has 1 aliphatic heterocycles. The maximum Gasteiger partial charge on any atom is 0.250 e. The molecule has 0 aliphatic carbocycles. The molecule has 21 heavy (non-hydrogen) atoms. The number of nitrogens with zero attached hydrogens (tertiary/aromatic N) is 1. The van der Waals surface area contributed by atoms with Crippen LogP contribution in [0.15, 0.2) is 24.3 Å². The Kier molecular flexibility index (Phi) is 5.14. The minimum absolute atomic E-state index is 0.265. The average molecular weight is 296 g/mol. The van der Waals surface area contributed by atoms with Gasteiger partial charge in [-0.15, -0.1) is 0 Å². The van der Waals surface area contributed by atoms with Crippen molar-refractivity contribution in [1.82, 2.24) is 4.90 Å². The third-order valence-corrected chi connectivity index (χ3v) is 3.59. The largest absolute Gasteiger partial charge is 0.490 e. The van der Waals surface area contributed by atoms with Gasteiger partial charge in [0.25, 0.3) is 5.91 Å². The van der Waals surface area contributed by atoms with Crippen molar-refractivity contribution < 1.29 is 18.7 Å². The number of amides is 1. The molecule has 0 unspecified atom stereocenters. The van der Waals surface area contributed by atoms with Gasteiger partial charge in [-0.2, -0.15) is 0 Å². The zero-order valence-electron chi connectivity index (χ0n) is 12.2. The fraction of sp³-hybridized carbons (Fsp3) is 0.533. The lowest BCUT2D eigenvalue weighted by atomic mass is 10.0. The molecule has 5 nitrogen and oxygen atoms in total. The molecule has 1 aromatic rings. The summed E-state index contributed by atoms with van der Waals surface area (Å²) < 4.78 is 24.2. The zero-order chi connectivity index (χ0) is 15.3. The lowest BCUT2D eigenvalue weighted by Gasteiger charge is -2.38. The van der Waals surface area contributed by atoms with E-state index in [0.29, 0.717) is 19.8 Å². The number of carbonyl (C=O) groups is 1. The normalized spacial score (nSPS) is 23.0. The highest BCUT2D eigenvalue weighted by Gasteiger charge is 2.37. The summed E-state index contributed by atoms with van der Waals surface area (Å²) in [6.45, 7) is 4.59. The van der Waals surface area contributed by atoms with Crippen molar-refractivity contribution in [3.05, 3.63) is 30.1 Å². The van der Waals surface area contributed by atoms with E-state index in [0.717, 1.165) is 19.5 Å². The van der Waals surface area contributed by atoms with Gasteiger partial charge >= 0.3 is 0 Å². The van der Waals surface area contributed by atoms with Gasteiger partial charge < -0.3 is 15.2 Å². The Hall–Kier alpha value is -1.66. The van der Waals surface area contributed by atoms with Crippen LogP contribution in [0.25, 0.3) is 0 Å². The molecule has 2 N–H and O–H groups in total. The molecule has 0 spiro atoms. The number of benzene rings is 1. The van der Waals surface area contributed by atoms with Crippen molar-refractivity contribution >= 4 is 5.91 Å². The summed E-state index contributed by atoms with van der Waals surface area (Å²) in [5.41, 5.74) is 4.43. The molecule has 1 heterocycles. The first kappa shape index (κ1) is 15.7. The highest BCUT2D eigenvalue weighted by molar-refractivity contribution is 5.83. The predicted octanol–water partition coefficient (Wildman–Crippen LogP) is 1.17. The number of morpholine rings is 1. The first-order valence-electron chi connectivity index (χ1n) is 7.05. The van der Waals surface area contributed by atoms with Crippen molar-refractivity contribution in [2.45, 2.75) is 18.9 Å². The van der Waals surface area contributed by atoms with Crippen LogP contribution in [0, 0.1) is 5.82 Å². The van der Waals surface area contributed by atoms with E-state index < -0.39 is 11.5 Å². The van der Waals surface area contributed by atoms with Crippen molar-refractivity contribution in [1.29, 1.82) is 0 Å². The molecule has 116 valence electrons. The molecule has 0 saturated carbocycles.